The highest BCUT2D eigenvalue weighted by molar-refractivity contribution is 6.35. The Labute approximate surface area is 236 Å². The lowest BCUT2D eigenvalue weighted by atomic mass is 9.77. The van der Waals surface area contributed by atoms with Gasteiger partial charge in [-0.25, -0.2) is 0 Å². The number of nitrogens with one attached hydrogen (secondary N) is 2. The molecule has 2 aliphatic heterocycles. The number of hydrogen-bond acceptors (Lipinski definition) is 6. The van der Waals surface area contributed by atoms with Gasteiger partial charge in [-0.1, -0.05) is 59.6 Å². The van der Waals surface area contributed by atoms with E-state index in [9.17, 15) is 14.9 Å². The molecular weight excluding hydrogens is 537 g/mol. The van der Waals surface area contributed by atoms with E-state index in [1.165, 1.54) is 0 Å². The molecule has 0 radical (unpaired) electrons. The van der Waals surface area contributed by atoms with Crippen molar-refractivity contribution in [3.05, 3.63) is 93.6 Å². The largest absolute Gasteiger partial charge is 0.493 e. The van der Waals surface area contributed by atoms with Gasteiger partial charge in [-0.2, -0.15) is 5.26 Å². The third-order valence-corrected chi connectivity index (χ3v) is 7.29. The van der Waals surface area contributed by atoms with Crippen molar-refractivity contribution >= 4 is 40.8 Å². The van der Waals surface area contributed by atoms with E-state index in [1.807, 2.05) is 36.4 Å². The fourth-order valence-electron chi connectivity index (χ4n) is 5.14. The number of ether oxygens (including phenoxy) is 2. The number of amides is 1. The number of para-hydroxylation sites is 2. The molecule has 3 aromatic rings. The maximum atomic E-state index is 13.8. The number of fused-ring (bicyclic) bond motifs is 2. The topological polar surface area (TPSA) is 100 Å². The third kappa shape index (κ3) is 5.31. The Morgan fingerprint density at radius 3 is 2.62 bits per heavy atom. The van der Waals surface area contributed by atoms with E-state index in [2.05, 4.69) is 16.7 Å². The van der Waals surface area contributed by atoms with Crippen molar-refractivity contribution in [1.82, 2.24) is 5.32 Å². The molecule has 1 amide bonds. The summed E-state index contributed by atoms with van der Waals surface area (Å²) >= 11 is 12.5. The van der Waals surface area contributed by atoms with Crippen molar-refractivity contribution < 1.29 is 19.1 Å². The van der Waals surface area contributed by atoms with Crippen LogP contribution in [0.4, 0.5) is 5.69 Å². The lowest BCUT2D eigenvalue weighted by Crippen LogP contribution is -2.38. The first-order valence-electron chi connectivity index (χ1n) is 12.6. The molecule has 0 aliphatic carbocycles. The van der Waals surface area contributed by atoms with Crippen LogP contribution in [0.25, 0.3) is 11.1 Å². The molecule has 2 aliphatic rings. The van der Waals surface area contributed by atoms with Gasteiger partial charge in [-0.3, -0.25) is 9.59 Å². The first-order valence-corrected chi connectivity index (χ1v) is 13.3. The number of halogens is 2. The summed E-state index contributed by atoms with van der Waals surface area (Å²) in [5, 5.41) is 17.4. The minimum atomic E-state index is -1.25. The van der Waals surface area contributed by atoms with Gasteiger partial charge < -0.3 is 20.1 Å². The van der Waals surface area contributed by atoms with Gasteiger partial charge in [-0.15, -0.1) is 0 Å². The number of esters is 1. The molecule has 198 valence electrons. The lowest BCUT2D eigenvalue weighted by Gasteiger charge is -2.32. The molecule has 0 saturated heterocycles. The number of carbonyl (C=O) groups excluding carboxylic acids is 2. The molecule has 7 nitrogen and oxygen atoms in total. The first kappa shape index (κ1) is 26.6. The minimum absolute atomic E-state index is 0.111. The van der Waals surface area contributed by atoms with Gasteiger partial charge in [0.2, 0.25) is 5.91 Å². The molecule has 3 aromatic carbocycles. The van der Waals surface area contributed by atoms with Gasteiger partial charge in [0.1, 0.15) is 5.75 Å². The van der Waals surface area contributed by atoms with Crippen molar-refractivity contribution in [3.8, 4) is 22.9 Å². The van der Waals surface area contributed by atoms with E-state index >= 15 is 0 Å². The van der Waals surface area contributed by atoms with Crippen molar-refractivity contribution in [1.29, 1.82) is 5.26 Å². The highest BCUT2D eigenvalue weighted by Crippen LogP contribution is 2.45. The summed E-state index contributed by atoms with van der Waals surface area (Å²) < 4.78 is 11.0. The molecule has 0 saturated carbocycles. The SMILES string of the molecule is CCOC(=O)C(C#N)C1C(C(=O)N[C@H]2CCOc3ccccc32)=CNc2c(-c3cc(Cl)cc(Cl)c3)cccc21. The highest BCUT2D eigenvalue weighted by Gasteiger charge is 2.40. The number of carbonyl (C=O) groups is 2. The van der Waals surface area contributed by atoms with Crippen LogP contribution in [-0.2, 0) is 14.3 Å². The summed E-state index contributed by atoms with van der Waals surface area (Å²) in [5.41, 5.74) is 3.91. The van der Waals surface area contributed by atoms with Crippen LogP contribution in [0.5, 0.6) is 5.75 Å². The standard InChI is InChI=1S/C30H25Cl2N3O4/c1-2-38-30(37)23(15-33)27-22-8-5-7-20(17-12-18(31)14-19(32)13-17)28(22)34-16-24(27)29(36)35-25-10-11-39-26-9-4-3-6-21(25)26/h3-9,12-14,16,23,25,27,34H,2,10-11H2,1H3,(H,35,36)/t23?,25-,27?/m0/s1. The van der Waals surface area contributed by atoms with E-state index in [0.29, 0.717) is 34.3 Å². The van der Waals surface area contributed by atoms with E-state index < -0.39 is 17.8 Å². The second kappa shape index (κ2) is 11.4. The smallest absolute Gasteiger partial charge is 0.324 e. The first-order chi connectivity index (χ1) is 18.9. The molecule has 2 heterocycles. The van der Waals surface area contributed by atoms with Crippen molar-refractivity contribution in [2.75, 3.05) is 18.5 Å². The van der Waals surface area contributed by atoms with Gasteiger partial charge in [0.25, 0.3) is 0 Å². The molecule has 0 fully saturated rings. The maximum Gasteiger partial charge on any atom is 0.324 e. The fraction of sp³-hybridized carbons (Fsp3) is 0.233. The molecular formula is C30H25Cl2N3O4. The van der Waals surface area contributed by atoms with Gasteiger partial charge >= 0.3 is 5.97 Å². The second-order valence-electron chi connectivity index (χ2n) is 9.21. The summed E-state index contributed by atoms with van der Waals surface area (Å²) in [7, 11) is 0. The molecule has 2 N–H and O–H groups in total. The third-order valence-electron chi connectivity index (χ3n) is 6.85. The van der Waals surface area contributed by atoms with Crippen molar-refractivity contribution in [2.24, 2.45) is 5.92 Å². The Balaban J connectivity index is 1.57. The van der Waals surface area contributed by atoms with E-state index in [1.54, 1.807) is 37.4 Å². The minimum Gasteiger partial charge on any atom is -0.493 e. The zero-order valence-electron chi connectivity index (χ0n) is 21.0. The average molecular weight is 562 g/mol. The van der Waals surface area contributed by atoms with Gasteiger partial charge in [0.15, 0.2) is 5.92 Å². The average Bonchev–Trinajstić information content (AvgIpc) is 2.93. The summed E-state index contributed by atoms with van der Waals surface area (Å²) in [4.78, 5) is 26.8. The molecule has 3 atom stereocenters. The van der Waals surface area contributed by atoms with Gasteiger partial charge in [0.05, 0.1) is 25.3 Å². The monoisotopic (exact) mass is 561 g/mol. The fourth-order valence-corrected chi connectivity index (χ4v) is 5.67. The molecule has 0 spiro atoms. The van der Waals surface area contributed by atoms with E-state index in [0.717, 1.165) is 22.4 Å². The molecule has 0 aromatic heterocycles. The summed E-state index contributed by atoms with van der Waals surface area (Å²) in [5.74, 6) is -2.49. The van der Waals surface area contributed by atoms with E-state index in [-0.39, 0.29) is 24.1 Å². The molecule has 0 bridgehead atoms. The predicted molar refractivity (Wildman–Crippen MR) is 150 cm³/mol. The number of benzene rings is 3. The summed E-state index contributed by atoms with van der Waals surface area (Å²) in [6, 6.07) is 20.1. The highest BCUT2D eigenvalue weighted by atomic mass is 35.5. The maximum absolute atomic E-state index is 13.8. The van der Waals surface area contributed by atoms with Crippen LogP contribution in [-0.4, -0.2) is 25.1 Å². The Kier molecular flexibility index (Phi) is 7.78. The zero-order chi connectivity index (χ0) is 27.5. The predicted octanol–water partition coefficient (Wildman–Crippen LogP) is 6.40. The number of anilines is 1. The molecule has 9 heteroatoms. The molecule has 2 unspecified atom stereocenters. The Hall–Kier alpha value is -3.99. The van der Waals surface area contributed by atoms with Crippen LogP contribution in [0.3, 0.4) is 0 Å². The van der Waals surface area contributed by atoms with Crippen LogP contribution in [0.15, 0.2) is 72.4 Å². The number of rotatable bonds is 6. The van der Waals surface area contributed by atoms with Crippen LogP contribution in [0.2, 0.25) is 10.0 Å². The summed E-state index contributed by atoms with van der Waals surface area (Å²) in [6.07, 6.45) is 2.15. The Morgan fingerprint density at radius 2 is 1.87 bits per heavy atom. The van der Waals surface area contributed by atoms with Crippen LogP contribution in [0, 0.1) is 17.2 Å². The zero-order valence-corrected chi connectivity index (χ0v) is 22.6. The normalized spacial score (nSPS) is 18.2. The molecule has 5 rings (SSSR count). The number of hydrogen-bond donors (Lipinski definition) is 2. The van der Waals surface area contributed by atoms with Crippen LogP contribution >= 0.6 is 23.2 Å². The van der Waals surface area contributed by atoms with Crippen LogP contribution in [0.1, 0.15) is 36.4 Å². The second-order valence-corrected chi connectivity index (χ2v) is 10.1. The van der Waals surface area contributed by atoms with Crippen molar-refractivity contribution in [3.63, 3.8) is 0 Å². The van der Waals surface area contributed by atoms with E-state index in [4.69, 9.17) is 32.7 Å². The lowest BCUT2D eigenvalue weighted by molar-refractivity contribution is -0.146. The number of nitriles is 1. The van der Waals surface area contributed by atoms with Crippen molar-refractivity contribution in [2.45, 2.75) is 25.3 Å². The van der Waals surface area contributed by atoms with Crippen LogP contribution < -0.4 is 15.4 Å². The van der Waals surface area contributed by atoms with Gasteiger partial charge in [0, 0.05) is 51.0 Å². The van der Waals surface area contributed by atoms with Gasteiger partial charge in [-0.05, 0) is 42.3 Å². The Bertz CT molecular complexity index is 1490. The quantitative estimate of drug-likeness (QED) is 0.338. The molecule has 39 heavy (non-hydrogen) atoms. The number of nitrogens with zero attached hydrogens (tertiary/aromatic N) is 1. The summed E-state index contributed by atoms with van der Waals surface area (Å²) in [6.45, 7) is 2.25. The Morgan fingerprint density at radius 1 is 1.13 bits per heavy atom.